The normalized spacial score (nSPS) is 11.9. The van der Waals surface area contributed by atoms with Gasteiger partial charge in [-0.1, -0.05) is 19.9 Å². The van der Waals surface area contributed by atoms with Crippen molar-refractivity contribution >= 4 is 17.5 Å². The number of hydrogen-bond donors (Lipinski definition) is 3. The number of hydrogen-bond acceptors (Lipinski definition) is 4. The highest BCUT2D eigenvalue weighted by atomic mass is 16.5. The van der Waals surface area contributed by atoms with E-state index in [0.717, 1.165) is 0 Å². The first-order chi connectivity index (χ1) is 9.40. The van der Waals surface area contributed by atoms with Crippen molar-refractivity contribution in [1.82, 2.24) is 5.32 Å². The van der Waals surface area contributed by atoms with Crippen LogP contribution in [0.3, 0.4) is 0 Å². The largest absolute Gasteiger partial charge is 0.493 e. The number of nitrogen functional groups attached to an aromatic ring is 1. The van der Waals surface area contributed by atoms with Crippen LogP contribution in [-0.2, 0) is 9.59 Å². The molecular formula is C14H21N3O3. The Kier molecular flexibility index (Phi) is 5.83. The smallest absolute Gasteiger partial charge is 0.240 e. The summed E-state index contributed by atoms with van der Waals surface area (Å²) >= 11 is 0. The molecule has 0 heterocycles. The zero-order valence-corrected chi connectivity index (χ0v) is 11.8. The van der Waals surface area contributed by atoms with Gasteiger partial charge in [-0.2, -0.15) is 0 Å². The average Bonchev–Trinajstić information content (AvgIpc) is 2.35. The topological polar surface area (TPSA) is 107 Å². The maximum Gasteiger partial charge on any atom is 0.240 e. The second kappa shape index (κ2) is 7.37. The molecular weight excluding hydrogens is 258 g/mol. The maximum absolute atomic E-state index is 11.7. The molecule has 1 aromatic rings. The number of carbonyl (C=O) groups is 2. The fraction of sp³-hybridized carbons (Fsp3) is 0.429. The molecule has 1 atom stereocenters. The molecule has 20 heavy (non-hydrogen) atoms. The van der Waals surface area contributed by atoms with Gasteiger partial charge in [0.05, 0.1) is 13.0 Å². The summed E-state index contributed by atoms with van der Waals surface area (Å²) in [6.45, 7) is 3.84. The van der Waals surface area contributed by atoms with Crippen LogP contribution >= 0.6 is 0 Å². The molecule has 110 valence electrons. The molecule has 2 amide bonds. The lowest BCUT2D eigenvalue weighted by Gasteiger charge is -2.18. The monoisotopic (exact) mass is 279 g/mol. The van der Waals surface area contributed by atoms with Gasteiger partial charge >= 0.3 is 0 Å². The standard InChI is InChI=1S/C14H21N3O3/c1-9(2)13(14(16)19)17-12(18)6-7-20-11-5-3-4-10(15)8-11/h3-5,8-9,13H,6-7,15H2,1-2H3,(H2,16,19)(H,17,18). The molecule has 0 saturated heterocycles. The molecule has 1 rings (SSSR count). The van der Waals surface area contributed by atoms with E-state index in [-0.39, 0.29) is 24.9 Å². The number of nitrogens with two attached hydrogens (primary N) is 2. The SMILES string of the molecule is CC(C)C(NC(=O)CCOc1cccc(N)c1)C(N)=O. The molecule has 0 aliphatic carbocycles. The molecule has 0 aliphatic rings. The van der Waals surface area contributed by atoms with Crippen molar-refractivity contribution in [3.8, 4) is 5.75 Å². The molecule has 0 aromatic heterocycles. The number of rotatable bonds is 7. The summed E-state index contributed by atoms with van der Waals surface area (Å²) < 4.78 is 5.40. The van der Waals surface area contributed by atoms with Gasteiger partial charge in [-0.15, -0.1) is 0 Å². The minimum Gasteiger partial charge on any atom is -0.493 e. The second-order valence-corrected chi connectivity index (χ2v) is 4.86. The summed E-state index contributed by atoms with van der Waals surface area (Å²) in [5, 5.41) is 2.60. The van der Waals surface area contributed by atoms with Gasteiger partial charge in [0.25, 0.3) is 0 Å². The van der Waals surface area contributed by atoms with Crippen LogP contribution < -0.4 is 21.5 Å². The summed E-state index contributed by atoms with van der Waals surface area (Å²) in [5.74, 6) is -0.254. The van der Waals surface area contributed by atoms with Gasteiger partial charge in [-0.3, -0.25) is 9.59 Å². The maximum atomic E-state index is 11.7. The van der Waals surface area contributed by atoms with Crippen LogP contribution in [0.1, 0.15) is 20.3 Å². The van der Waals surface area contributed by atoms with Crippen molar-refractivity contribution in [2.24, 2.45) is 11.7 Å². The molecule has 0 aliphatic heterocycles. The molecule has 0 radical (unpaired) electrons. The number of anilines is 1. The van der Waals surface area contributed by atoms with E-state index < -0.39 is 11.9 Å². The van der Waals surface area contributed by atoms with Gasteiger partial charge in [-0.25, -0.2) is 0 Å². The van der Waals surface area contributed by atoms with Gasteiger partial charge < -0.3 is 21.5 Å². The lowest BCUT2D eigenvalue weighted by molar-refractivity contribution is -0.128. The highest BCUT2D eigenvalue weighted by Crippen LogP contribution is 2.14. The highest BCUT2D eigenvalue weighted by Gasteiger charge is 2.21. The Labute approximate surface area is 118 Å². The second-order valence-electron chi connectivity index (χ2n) is 4.86. The van der Waals surface area contributed by atoms with Crippen LogP contribution in [0.5, 0.6) is 5.75 Å². The van der Waals surface area contributed by atoms with E-state index in [1.165, 1.54) is 0 Å². The molecule has 1 unspecified atom stereocenters. The summed E-state index contributed by atoms with van der Waals surface area (Å²) in [5.41, 5.74) is 11.4. The van der Waals surface area contributed by atoms with Crippen LogP contribution in [-0.4, -0.2) is 24.5 Å². The summed E-state index contributed by atoms with van der Waals surface area (Å²) in [6, 6.07) is 6.30. The van der Waals surface area contributed by atoms with Crippen LogP contribution in [0, 0.1) is 5.92 Å². The molecule has 0 fully saturated rings. The average molecular weight is 279 g/mol. The van der Waals surface area contributed by atoms with Crippen molar-refractivity contribution in [3.05, 3.63) is 24.3 Å². The van der Waals surface area contributed by atoms with Crippen LogP contribution in [0.15, 0.2) is 24.3 Å². The van der Waals surface area contributed by atoms with Crippen molar-refractivity contribution < 1.29 is 14.3 Å². The Bertz CT molecular complexity index is 474. The van der Waals surface area contributed by atoms with E-state index in [9.17, 15) is 9.59 Å². The Hall–Kier alpha value is -2.24. The molecule has 0 spiro atoms. The van der Waals surface area contributed by atoms with Gasteiger partial charge in [0.15, 0.2) is 0 Å². The van der Waals surface area contributed by atoms with Crippen LogP contribution in [0.4, 0.5) is 5.69 Å². The number of primary amides is 1. The predicted molar refractivity (Wildman–Crippen MR) is 76.9 cm³/mol. The first-order valence-corrected chi connectivity index (χ1v) is 6.47. The number of benzene rings is 1. The van der Waals surface area contributed by atoms with Crippen molar-refractivity contribution in [1.29, 1.82) is 0 Å². The molecule has 1 aromatic carbocycles. The minimum atomic E-state index is -0.658. The number of carbonyl (C=O) groups excluding carboxylic acids is 2. The first-order valence-electron chi connectivity index (χ1n) is 6.47. The van der Waals surface area contributed by atoms with Gasteiger partial charge in [-0.05, 0) is 18.1 Å². The molecule has 5 N–H and O–H groups in total. The van der Waals surface area contributed by atoms with E-state index in [0.29, 0.717) is 11.4 Å². The molecule has 6 nitrogen and oxygen atoms in total. The molecule has 0 saturated carbocycles. The summed E-state index contributed by atoms with van der Waals surface area (Å²) in [4.78, 5) is 22.9. The van der Waals surface area contributed by atoms with Crippen molar-refractivity contribution in [2.75, 3.05) is 12.3 Å². The molecule has 6 heteroatoms. The van der Waals surface area contributed by atoms with Crippen molar-refractivity contribution in [3.63, 3.8) is 0 Å². The van der Waals surface area contributed by atoms with Crippen molar-refractivity contribution in [2.45, 2.75) is 26.3 Å². The summed E-state index contributed by atoms with van der Waals surface area (Å²) in [6.07, 6.45) is 0.144. The first kappa shape index (κ1) is 15.8. The Balaban J connectivity index is 2.38. The van der Waals surface area contributed by atoms with Gasteiger partial charge in [0.1, 0.15) is 11.8 Å². The van der Waals surface area contributed by atoms with E-state index in [1.54, 1.807) is 24.3 Å². The van der Waals surface area contributed by atoms with E-state index in [1.807, 2.05) is 13.8 Å². The predicted octanol–water partition coefficient (Wildman–Crippen LogP) is 0.664. The number of amides is 2. The zero-order valence-electron chi connectivity index (χ0n) is 11.8. The Morgan fingerprint density at radius 2 is 2.05 bits per heavy atom. The van der Waals surface area contributed by atoms with Gasteiger partial charge in [0.2, 0.25) is 11.8 Å². The van der Waals surface area contributed by atoms with E-state index in [2.05, 4.69) is 5.32 Å². The van der Waals surface area contributed by atoms with Gasteiger partial charge in [0, 0.05) is 11.8 Å². The lowest BCUT2D eigenvalue weighted by Crippen LogP contribution is -2.47. The number of ether oxygens (including phenoxy) is 1. The number of nitrogens with one attached hydrogen (secondary N) is 1. The Morgan fingerprint density at radius 3 is 2.60 bits per heavy atom. The fourth-order valence-corrected chi connectivity index (χ4v) is 1.68. The van der Waals surface area contributed by atoms with E-state index >= 15 is 0 Å². The third-order valence-corrected chi connectivity index (χ3v) is 2.75. The van der Waals surface area contributed by atoms with Crippen LogP contribution in [0.25, 0.3) is 0 Å². The zero-order chi connectivity index (χ0) is 15.1. The molecule has 0 bridgehead atoms. The minimum absolute atomic E-state index is 0.0497. The quantitative estimate of drug-likeness (QED) is 0.637. The third-order valence-electron chi connectivity index (χ3n) is 2.75. The van der Waals surface area contributed by atoms with E-state index in [4.69, 9.17) is 16.2 Å². The fourth-order valence-electron chi connectivity index (χ4n) is 1.68. The highest BCUT2D eigenvalue weighted by molar-refractivity contribution is 5.86. The summed E-state index contributed by atoms with van der Waals surface area (Å²) in [7, 11) is 0. The third kappa shape index (κ3) is 5.17. The van der Waals surface area contributed by atoms with Crippen LogP contribution in [0.2, 0.25) is 0 Å². The Morgan fingerprint density at radius 1 is 1.35 bits per heavy atom. The lowest BCUT2D eigenvalue weighted by atomic mass is 10.0.